The van der Waals surface area contributed by atoms with Crippen LogP contribution in [0.25, 0.3) is 5.65 Å². The molecule has 0 atom stereocenters. The Hall–Kier alpha value is -2.41. The molecule has 0 aromatic carbocycles. The van der Waals surface area contributed by atoms with Gasteiger partial charge in [-0.05, 0) is 45.2 Å². The molecule has 0 aliphatic carbocycles. The summed E-state index contributed by atoms with van der Waals surface area (Å²) in [5.41, 5.74) is 3.06. The first-order valence-electron chi connectivity index (χ1n) is 9.11. The van der Waals surface area contributed by atoms with E-state index in [2.05, 4.69) is 15.6 Å². The molecular weight excluding hydrogens is 332 g/mol. The van der Waals surface area contributed by atoms with Crippen LogP contribution >= 0.6 is 0 Å². The third-order valence-corrected chi connectivity index (χ3v) is 4.09. The molecule has 2 amide bonds. The molecule has 7 heteroatoms. The van der Waals surface area contributed by atoms with E-state index in [0.29, 0.717) is 50.5 Å². The monoisotopic (exact) mass is 360 g/mol. The second-order valence-electron chi connectivity index (χ2n) is 6.19. The van der Waals surface area contributed by atoms with Crippen molar-refractivity contribution < 1.29 is 14.3 Å². The van der Waals surface area contributed by atoms with Gasteiger partial charge in [-0.1, -0.05) is 6.07 Å². The van der Waals surface area contributed by atoms with Gasteiger partial charge in [-0.2, -0.15) is 0 Å². The smallest absolute Gasteiger partial charge is 0.270 e. The van der Waals surface area contributed by atoms with Crippen LogP contribution in [-0.4, -0.2) is 47.5 Å². The Bertz CT molecular complexity index is 755. The van der Waals surface area contributed by atoms with Crippen LogP contribution in [0, 0.1) is 13.8 Å². The molecule has 0 spiro atoms. The predicted octanol–water partition coefficient (Wildman–Crippen LogP) is 2.00. The summed E-state index contributed by atoms with van der Waals surface area (Å²) in [7, 11) is 0. The Labute approximate surface area is 154 Å². The van der Waals surface area contributed by atoms with Gasteiger partial charge >= 0.3 is 0 Å². The molecule has 0 bridgehead atoms. The Morgan fingerprint density at radius 2 is 1.96 bits per heavy atom. The molecule has 0 aliphatic rings. The molecule has 0 saturated carbocycles. The Kier molecular flexibility index (Phi) is 7.59. The molecule has 0 fully saturated rings. The summed E-state index contributed by atoms with van der Waals surface area (Å²) in [6.45, 7) is 8.16. The molecular formula is C19H28N4O3. The number of carbonyl (C=O) groups is 2. The summed E-state index contributed by atoms with van der Waals surface area (Å²) in [4.78, 5) is 28.7. The zero-order chi connectivity index (χ0) is 18.9. The van der Waals surface area contributed by atoms with Crippen LogP contribution in [0.15, 0.2) is 18.3 Å². The minimum absolute atomic E-state index is 0.00245. The maximum Gasteiger partial charge on any atom is 0.270 e. The number of carbonyl (C=O) groups excluding carboxylic acids is 2. The van der Waals surface area contributed by atoms with Crippen molar-refractivity contribution in [3.8, 4) is 0 Å². The predicted molar refractivity (Wildman–Crippen MR) is 100 cm³/mol. The maximum absolute atomic E-state index is 12.5. The largest absolute Gasteiger partial charge is 0.382 e. The van der Waals surface area contributed by atoms with Gasteiger partial charge < -0.3 is 15.4 Å². The van der Waals surface area contributed by atoms with Gasteiger partial charge in [0.25, 0.3) is 5.91 Å². The van der Waals surface area contributed by atoms with Crippen LogP contribution in [0.4, 0.5) is 0 Å². The number of nitrogens with zero attached hydrogens (tertiary/aromatic N) is 2. The van der Waals surface area contributed by atoms with Crippen LogP contribution < -0.4 is 10.6 Å². The molecule has 2 heterocycles. The summed E-state index contributed by atoms with van der Waals surface area (Å²) in [5.74, 6) is -0.171. The van der Waals surface area contributed by atoms with Crippen molar-refractivity contribution in [3.63, 3.8) is 0 Å². The fourth-order valence-corrected chi connectivity index (χ4v) is 2.76. The summed E-state index contributed by atoms with van der Waals surface area (Å²) < 4.78 is 7.03. The van der Waals surface area contributed by atoms with Crippen molar-refractivity contribution in [3.05, 3.63) is 35.3 Å². The molecule has 2 aromatic heterocycles. The Morgan fingerprint density at radius 3 is 2.73 bits per heavy atom. The number of fused-ring (bicyclic) bond motifs is 1. The van der Waals surface area contributed by atoms with Crippen LogP contribution in [0.2, 0.25) is 0 Å². The summed E-state index contributed by atoms with van der Waals surface area (Å²) in [6, 6.07) is 3.87. The van der Waals surface area contributed by atoms with Gasteiger partial charge in [0.2, 0.25) is 5.91 Å². The maximum atomic E-state index is 12.5. The van der Waals surface area contributed by atoms with E-state index in [0.717, 1.165) is 17.6 Å². The number of aromatic nitrogens is 2. The number of amides is 2. The van der Waals surface area contributed by atoms with Gasteiger partial charge in [-0.3, -0.25) is 14.0 Å². The number of hydrogen-bond acceptors (Lipinski definition) is 4. The molecule has 2 aromatic rings. The lowest BCUT2D eigenvalue weighted by Gasteiger charge is -2.07. The van der Waals surface area contributed by atoms with E-state index in [1.165, 1.54) is 0 Å². The zero-order valence-electron chi connectivity index (χ0n) is 15.8. The third kappa shape index (κ3) is 5.29. The van der Waals surface area contributed by atoms with Crippen molar-refractivity contribution in [2.45, 2.75) is 40.0 Å². The van der Waals surface area contributed by atoms with E-state index in [4.69, 9.17) is 4.74 Å². The van der Waals surface area contributed by atoms with Gasteiger partial charge in [0.15, 0.2) is 0 Å². The number of nitrogens with one attached hydrogen (secondary N) is 2. The Morgan fingerprint density at radius 1 is 1.19 bits per heavy atom. The summed E-state index contributed by atoms with van der Waals surface area (Å²) in [5, 5.41) is 5.73. The standard InChI is InChI=1S/C19H28N4O3/c1-4-26-13-7-11-20-16(24)9-5-10-21-19(25)17-15(3)22-18-14(2)8-6-12-23(17)18/h6,8,12H,4-5,7,9-11,13H2,1-3H3,(H,20,24)(H,21,25). The number of aryl methyl sites for hydroxylation is 2. The summed E-state index contributed by atoms with van der Waals surface area (Å²) in [6.07, 6.45) is 3.63. The highest BCUT2D eigenvalue weighted by atomic mass is 16.5. The number of pyridine rings is 1. The average molecular weight is 360 g/mol. The highest BCUT2D eigenvalue weighted by Crippen LogP contribution is 2.15. The fourth-order valence-electron chi connectivity index (χ4n) is 2.76. The van der Waals surface area contributed by atoms with Crippen molar-refractivity contribution >= 4 is 17.5 Å². The van der Waals surface area contributed by atoms with E-state index in [1.807, 2.05) is 43.5 Å². The fraction of sp³-hybridized carbons (Fsp3) is 0.526. The van der Waals surface area contributed by atoms with Crippen molar-refractivity contribution in [1.29, 1.82) is 0 Å². The van der Waals surface area contributed by atoms with Gasteiger partial charge in [0.1, 0.15) is 11.3 Å². The van der Waals surface area contributed by atoms with Crippen molar-refractivity contribution in [2.75, 3.05) is 26.3 Å². The number of ether oxygens (including phenoxy) is 1. The van der Waals surface area contributed by atoms with Crippen molar-refractivity contribution in [2.24, 2.45) is 0 Å². The van der Waals surface area contributed by atoms with Gasteiger partial charge in [0, 0.05) is 38.9 Å². The lowest BCUT2D eigenvalue weighted by atomic mass is 10.2. The summed E-state index contributed by atoms with van der Waals surface area (Å²) >= 11 is 0. The van der Waals surface area contributed by atoms with Crippen LogP contribution in [0.5, 0.6) is 0 Å². The van der Waals surface area contributed by atoms with Crippen LogP contribution in [-0.2, 0) is 9.53 Å². The highest BCUT2D eigenvalue weighted by Gasteiger charge is 2.16. The molecule has 0 unspecified atom stereocenters. The minimum atomic E-state index is -0.169. The SMILES string of the molecule is CCOCCCNC(=O)CCCNC(=O)c1c(C)nc2c(C)cccn12. The molecule has 0 radical (unpaired) electrons. The van der Waals surface area contributed by atoms with E-state index < -0.39 is 0 Å². The topological polar surface area (TPSA) is 84.7 Å². The second-order valence-corrected chi connectivity index (χ2v) is 6.19. The first-order chi connectivity index (χ1) is 12.5. The molecule has 26 heavy (non-hydrogen) atoms. The van der Waals surface area contributed by atoms with Crippen molar-refractivity contribution in [1.82, 2.24) is 20.0 Å². The molecule has 2 N–H and O–H groups in total. The van der Waals surface area contributed by atoms with Gasteiger partial charge in [-0.15, -0.1) is 0 Å². The first kappa shape index (κ1) is 19.9. The molecule has 142 valence electrons. The zero-order valence-corrected chi connectivity index (χ0v) is 15.8. The number of hydrogen-bond donors (Lipinski definition) is 2. The Balaban J connectivity index is 1.75. The molecule has 0 aliphatic heterocycles. The van der Waals surface area contributed by atoms with E-state index in [9.17, 15) is 9.59 Å². The van der Waals surface area contributed by atoms with Gasteiger partial charge in [-0.25, -0.2) is 4.98 Å². The second kappa shape index (κ2) is 9.91. The highest BCUT2D eigenvalue weighted by molar-refractivity contribution is 5.94. The molecule has 0 saturated heterocycles. The van der Waals surface area contributed by atoms with Gasteiger partial charge in [0.05, 0.1) is 5.69 Å². The minimum Gasteiger partial charge on any atom is -0.382 e. The van der Waals surface area contributed by atoms with E-state index in [1.54, 1.807) is 0 Å². The van der Waals surface area contributed by atoms with E-state index in [-0.39, 0.29) is 11.8 Å². The molecule has 7 nitrogen and oxygen atoms in total. The third-order valence-electron chi connectivity index (χ3n) is 4.09. The average Bonchev–Trinajstić information content (AvgIpc) is 2.96. The first-order valence-corrected chi connectivity index (χ1v) is 9.11. The number of rotatable bonds is 10. The van der Waals surface area contributed by atoms with Crippen LogP contribution in [0.3, 0.4) is 0 Å². The van der Waals surface area contributed by atoms with E-state index >= 15 is 0 Å². The molecule has 2 rings (SSSR count). The van der Waals surface area contributed by atoms with Crippen LogP contribution in [0.1, 0.15) is 47.9 Å². The number of imidazole rings is 1. The lowest BCUT2D eigenvalue weighted by molar-refractivity contribution is -0.121. The lowest BCUT2D eigenvalue weighted by Crippen LogP contribution is -2.29. The normalized spacial score (nSPS) is 10.9. The quantitative estimate of drug-likeness (QED) is 0.635.